The van der Waals surface area contributed by atoms with Gasteiger partial charge in [0.1, 0.15) is 11.5 Å². The van der Waals surface area contributed by atoms with Crippen molar-refractivity contribution in [3.8, 4) is 0 Å². The fraction of sp³-hybridized carbons (Fsp3) is 0.208. The normalized spacial score (nSPS) is 26.6. The third-order valence-electron chi connectivity index (χ3n) is 6.13. The van der Waals surface area contributed by atoms with Gasteiger partial charge in [-0.15, -0.1) is 0 Å². The molecule has 0 saturated carbocycles. The summed E-state index contributed by atoms with van der Waals surface area (Å²) in [5.41, 5.74) is 2.39. The fourth-order valence-electron chi connectivity index (χ4n) is 4.53. The average Bonchev–Trinajstić information content (AvgIpc) is 3.30. The summed E-state index contributed by atoms with van der Waals surface area (Å²) < 4.78 is 11.1. The van der Waals surface area contributed by atoms with Gasteiger partial charge in [-0.2, -0.15) is 0 Å². The highest BCUT2D eigenvalue weighted by atomic mass is 35.5. The molecule has 0 bridgehead atoms. The third kappa shape index (κ3) is 3.05. The minimum atomic E-state index is -1.07. The molecule has 2 fully saturated rings. The van der Waals surface area contributed by atoms with Gasteiger partial charge in [0.15, 0.2) is 0 Å². The first kappa shape index (κ1) is 20.8. The van der Waals surface area contributed by atoms with E-state index >= 15 is 0 Å². The number of carboxylic acids is 1. The summed E-state index contributed by atoms with van der Waals surface area (Å²) in [6.07, 6.45) is 0. The molecule has 0 amide bonds. The van der Waals surface area contributed by atoms with Crippen LogP contribution in [0.2, 0.25) is 0 Å². The van der Waals surface area contributed by atoms with Crippen molar-refractivity contribution in [1.29, 1.82) is 0 Å². The van der Waals surface area contributed by atoms with Crippen molar-refractivity contribution < 1.29 is 29.0 Å². The molecule has 0 spiro atoms. The van der Waals surface area contributed by atoms with E-state index in [1.54, 1.807) is 12.1 Å². The van der Waals surface area contributed by atoms with Crippen LogP contribution in [0.25, 0.3) is 0 Å². The fourth-order valence-corrected chi connectivity index (χ4v) is 5.30. The molecule has 2 aromatic rings. The van der Waals surface area contributed by atoms with E-state index in [9.17, 15) is 14.4 Å². The van der Waals surface area contributed by atoms with Crippen molar-refractivity contribution in [2.75, 3.05) is 0 Å². The van der Waals surface area contributed by atoms with Crippen LogP contribution in [0.15, 0.2) is 70.1 Å². The van der Waals surface area contributed by atoms with Gasteiger partial charge >= 0.3 is 17.9 Å². The second kappa shape index (κ2) is 7.50. The quantitative estimate of drug-likeness (QED) is 0.646. The first-order chi connectivity index (χ1) is 15.3. The van der Waals surface area contributed by atoms with Crippen molar-refractivity contribution in [3.05, 3.63) is 92.4 Å². The highest BCUT2D eigenvalue weighted by molar-refractivity contribution is 6.34. The number of ether oxygens (including phenoxy) is 2. The van der Waals surface area contributed by atoms with Gasteiger partial charge in [0.05, 0.1) is 39.3 Å². The molecular weight excluding hydrogens is 455 g/mol. The zero-order chi connectivity index (χ0) is 22.7. The lowest BCUT2D eigenvalue weighted by molar-refractivity contribution is -0.137. The molecule has 1 N–H and O–H groups in total. The Morgan fingerprint density at radius 1 is 0.750 bits per heavy atom. The van der Waals surface area contributed by atoms with Crippen LogP contribution in [0.5, 0.6) is 0 Å². The molecule has 1 aliphatic carbocycles. The summed E-state index contributed by atoms with van der Waals surface area (Å²) >= 11 is 13.4. The number of allylic oxidation sites excluding steroid dienone is 2. The molecule has 2 aliphatic heterocycles. The van der Waals surface area contributed by atoms with Gasteiger partial charge in [0.25, 0.3) is 0 Å². The number of aromatic carboxylic acids is 1. The SMILES string of the molecule is Cc1ccc(C2C(=O)OC3=C(Cl)C4C(=C(Cl)C32)OC(=O)C4c2ccc(C(=O)O)cc2)cc1. The number of carboxylic acid groups (broad SMARTS) is 1. The number of rotatable bonds is 3. The van der Waals surface area contributed by atoms with Crippen LogP contribution in [0.1, 0.15) is 38.9 Å². The predicted octanol–water partition coefficient (Wildman–Crippen LogP) is 4.82. The summed E-state index contributed by atoms with van der Waals surface area (Å²) in [6.45, 7) is 1.94. The van der Waals surface area contributed by atoms with Gasteiger partial charge in [-0.25, -0.2) is 4.79 Å². The Balaban J connectivity index is 1.58. The lowest BCUT2D eigenvalue weighted by atomic mass is 9.77. The van der Waals surface area contributed by atoms with Gasteiger partial charge in [0.2, 0.25) is 0 Å². The Bertz CT molecular complexity index is 1230. The summed E-state index contributed by atoms with van der Waals surface area (Å²) in [4.78, 5) is 36.7. The molecule has 6 nitrogen and oxygen atoms in total. The molecule has 5 rings (SSSR count). The third-order valence-corrected chi connectivity index (χ3v) is 6.97. The Hall–Kier alpha value is -3.09. The van der Waals surface area contributed by atoms with Gasteiger partial charge < -0.3 is 14.6 Å². The van der Waals surface area contributed by atoms with Gasteiger partial charge in [0, 0.05) is 0 Å². The number of esters is 2. The van der Waals surface area contributed by atoms with E-state index in [0.717, 1.165) is 11.1 Å². The van der Waals surface area contributed by atoms with Crippen LogP contribution >= 0.6 is 23.2 Å². The number of halogens is 2. The molecule has 8 heteroatoms. The maximum Gasteiger partial charge on any atom is 0.335 e. The number of benzene rings is 2. The second-order valence-corrected chi connectivity index (χ2v) is 8.83. The number of aryl methyl sites for hydroxylation is 1. The lowest BCUT2D eigenvalue weighted by Crippen LogP contribution is -2.22. The Morgan fingerprint density at radius 3 is 1.56 bits per heavy atom. The van der Waals surface area contributed by atoms with Crippen molar-refractivity contribution in [3.63, 3.8) is 0 Å². The molecule has 3 aliphatic rings. The van der Waals surface area contributed by atoms with Crippen LogP contribution < -0.4 is 0 Å². The molecule has 0 radical (unpaired) electrons. The minimum Gasteiger partial charge on any atom is -0.478 e. The topological polar surface area (TPSA) is 89.9 Å². The molecule has 2 saturated heterocycles. The van der Waals surface area contributed by atoms with E-state index in [2.05, 4.69) is 0 Å². The number of carbonyl (C=O) groups excluding carboxylic acids is 2. The van der Waals surface area contributed by atoms with E-state index < -0.39 is 41.6 Å². The molecular formula is C24H16Cl2O6. The smallest absolute Gasteiger partial charge is 0.335 e. The number of hydrogen-bond donors (Lipinski definition) is 1. The minimum absolute atomic E-state index is 0.0905. The standard InChI is InChI=1S/C24H16Cl2O6/c1-10-2-4-11(5-3-10)14-16-18(25)21-17(19(26)20(16)31-23(14)29)15(24(30)32-21)12-6-8-13(9-7-12)22(27)28/h2-9,14-17H,1H3,(H,27,28). The molecule has 4 unspecified atom stereocenters. The summed E-state index contributed by atoms with van der Waals surface area (Å²) in [5, 5.41) is 9.53. The summed E-state index contributed by atoms with van der Waals surface area (Å²) in [7, 11) is 0. The molecule has 4 atom stereocenters. The van der Waals surface area contributed by atoms with Crippen LogP contribution in [-0.2, 0) is 19.1 Å². The van der Waals surface area contributed by atoms with Crippen molar-refractivity contribution in [2.24, 2.45) is 11.8 Å². The first-order valence-corrected chi connectivity index (χ1v) is 10.7. The van der Waals surface area contributed by atoms with E-state index in [0.29, 0.717) is 5.56 Å². The summed E-state index contributed by atoms with van der Waals surface area (Å²) in [5.74, 6) is -4.62. The Kier molecular flexibility index (Phi) is 4.87. The van der Waals surface area contributed by atoms with Crippen LogP contribution in [0, 0.1) is 18.8 Å². The van der Waals surface area contributed by atoms with E-state index in [-0.39, 0.29) is 27.1 Å². The maximum absolute atomic E-state index is 12.8. The zero-order valence-corrected chi connectivity index (χ0v) is 18.2. The maximum atomic E-state index is 12.8. The van der Waals surface area contributed by atoms with Gasteiger partial charge in [-0.1, -0.05) is 65.2 Å². The van der Waals surface area contributed by atoms with Crippen LogP contribution in [0.4, 0.5) is 0 Å². The molecule has 2 heterocycles. The highest BCUT2D eigenvalue weighted by Gasteiger charge is 2.56. The highest BCUT2D eigenvalue weighted by Crippen LogP contribution is 2.58. The summed E-state index contributed by atoms with van der Waals surface area (Å²) in [6, 6.07) is 13.4. The van der Waals surface area contributed by atoms with Gasteiger partial charge in [-0.05, 0) is 30.2 Å². The Morgan fingerprint density at radius 2 is 1.16 bits per heavy atom. The van der Waals surface area contributed by atoms with E-state index in [4.69, 9.17) is 37.8 Å². The van der Waals surface area contributed by atoms with E-state index in [1.165, 1.54) is 12.1 Å². The number of hydrogen-bond acceptors (Lipinski definition) is 5. The van der Waals surface area contributed by atoms with Gasteiger partial charge in [-0.3, -0.25) is 9.59 Å². The Labute approximate surface area is 193 Å². The predicted molar refractivity (Wildman–Crippen MR) is 115 cm³/mol. The number of fused-ring (bicyclic) bond motifs is 2. The molecule has 162 valence electrons. The average molecular weight is 471 g/mol. The van der Waals surface area contributed by atoms with E-state index in [1.807, 2.05) is 31.2 Å². The number of carbonyl (C=O) groups is 3. The largest absolute Gasteiger partial charge is 0.478 e. The van der Waals surface area contributed by atoms with Crippen molar-refractivity contribution in [2.45, 2.75) is 18.8 Å². The first-order valence-electron chi connectivity index (χ1n) is 9.90. The second-order valence-electron chi connectivity index (χ2n) is 8.02. The van der Waals surface area contributed by atoms with Crippen LogP contribution in [-0.4, -0.2) is 23.0 Å². The lowest BCUT2D eigenvalue weighted by Gasteiger charge is -2.26. The molecule has 0 aromatic heterocycles. The van der Waals surface area contributed by atoms with Crippen molar-refractivity contribution in [1.82, 2.24) is 0 Å². The van der Waals surface area contributed by atoms with Crippen LogP contribution in [0.3, 0.4) is 0 Å². The molecule has 32 heavy (non-hydrogen) atoms. The van der Waals surface area contributed by atoms with Crippen molar-refractivity contribution >= 4 is 41.1 Å². The molecule has 2 aromatic carbocycles. The zero-order valence-electron chi connectivity index (χ0n) is 16.7. The monoisotopic (exact) mass is 470 g/mol.